The van der Waals surface area contributed by atoms with Crippen LogP contribution >= 0.6 is 0 Å². The van der Waals surface area contributed by atoms with Gasteiger partial charge in [0.2, 0.25) is 5.91 Å². The van der Waals surface area contributed by atoms with E-state index in [1.165, 1.54) is 6.07 Å². The molecule has 0 unspecified atom stereocenters. The molecule has 2 heterocycles. The Labute approximate surface area is 146 Å². The molecule has 0 saturated heterocycles. The summed E-state index contributed by atoms with van der Waals surface area (Å²) in [6.07, 6.45) is 3.82. The fraction of sp³-hybridized carbons (Fsp3) is 0.353. The predicted octanol–water partition coefficient (Wildman–Crippen LogP) is 2.03. The molecule has 0 spiro atoms. The van der Waals surface area contributed by atoms with Crippen molar-refractivity contribution < 1.29 is 22.5 Å². The predicted molar refractivity (Wildman–Crippen MR) is 91.5 cm³/mol. The van der Waals surface area contributed by atoms with E-state index in [1.807, 2.05) is 6.07 Å². The summed E-state index contributed by atoms with van der Waals surface area (Å²) in [5.74, 6) is 0.862. The van der Waals surface area contributed by atoms with Crippen LogP contribution in [0.1, 0.15) is 24.2 Å². The molecular formula is C17H20N2O5S. The lowest BCUT2D eigenvalue weighted by molar-refractivity contribution is -0.118. The van der Waals surface area contributed by atoms with E-state index in [1.54, 1.807) is 36.4 Å². The van der Waals surface area contributed by atoms with Crippen LogP contribution in [0.2, 0.25) is 0 Å². The van der Waals surface area contributed by atoms with Crippen LogP contribution in [-0.2, 0) is 32.5 Å². The van der Waals surface area contributed by atoms with E-state index in [4.69, 9.17) is 9.25 Å². The number of nitrogens with one attached hydrogen (secondary N) is 1. The Balaban J connectivity index is 1.57. The summed E-state index contributed by atoms with van der Waals surface area (Å²) in [5, 5.41) is 0. The van der Waals surface area contributed by atoms with Gasteiger partial charge in [-0.1, -0.05) is 4.89 Å². The van der Waals surface area contributed by atoms with Gasteiger partial charge in [0, 0.05) is 25.6 Å². The van der Waals surface area contributed by atoms with Gasteiger partial charge in [0.05, 0.1) is 17.8 Å². The number of anilines is 1. The number of hydrogen-bond acceptors (Lipinski definition) is 5. The van der Waals surface area contributed by atoms with Crippen molar-refractivity contribution in [2.45, 2.75) is 30.6 Å². The lowest BCUT2D eigenvalue weighted by Crippen LogP contribution is -2.31. The summed E-state index contributed by atoms with van der Waals surface area (Å²) in [6, 6.07) is 8.38. The lowest BCUT2D eigenvalue weighted by Gasteiger charge is -2.26. The van der Waals surface area contributed by atoms with E-state index in [2.05, 4.69) is 4.89 Å². The number of sulfonamides is 1. The molecule has 1 aromatic carbocycles. The SMILES string of the molecule is CN1C(=O)CCc2cc(S(=O)(=O)NOCCCc3ccco3)ccc21. The van der Waals surface area contributed by atoms with Crippen molar-refractivity contribution >= 4 is 21.6 Å². The van der Waals surface area contributed by atoms with Gasteiger partial charge in [-0.15, -0.1) is 0 Å². The molecule has 7 nitrogen and oxygen atoms in total. The van der Waals surface area contributed by atoms with E-state index < -0.39 is 10.0 Å². The number of amides is 1. The van der Waals surface area contributed by atoms with E-state index in [0.717, 1.165) is 17.0 Å². The highest BCUT2D eigenvalue weighted by molar-refractivity contribution is 7.89. The van der Waals surface area contributed by atoms with Crippen LogP contribution in [-0.4, -0.2) is 28.0 Å². The number of fused-ring (bicyclic) bond motifs is 1. The lowest BCUT2D eigenvalue weighted by atomic mass is 10.0. The van der Waals surface area contributed by atoms with Gasteiger partial charge < -0.3 is 9.32 Å². The van der Waals surface area contributed by atoms with Crippen LogP contribution in [0.4, 0.5) is 5.69 Å². The minimum Gasteiger partial charge on any atom is -0.469 e. The third-order valence-corrected chi connectivity index (χ3v) is 5.34. The first-order chi connectivity index (χ1) is 12.0. The first kappa shape index (κ1) is 17.7. The summed E-state index contributed by atoms with van der Waals surface area (Å²) in [6.45, 7) is 0.238. The molecule has 0 aliphatic carbocycles. The molecule has 0 atom stereocenters. The van der Waals surface area contributed by atoms with Gasteiger partial charge >= 0.3 is 0 Å². The molecular weight excluding hydrogens is 344 g/mol. The molecule has 1 aliphatic heterocycles. The van der Waals surface area contributed by atoms with Gasteiger partial charge in [-0.3, -0.25) is 9.63 Å². The number of nitrogens with zero attached hydrogens (tertiary/aromatic N) is 1. The van der Waals surface area contributed by atoms with Gasteiger partial charge in [0.15, 0.2) is 0 Å². The van der Waals surface area contributed by atoms with Crippen molar-refractivity contribution in [2.24, 2.45) is 0 Å². The summed E-state index contributed by atoms with van der Waals surface area (Å²) < 4.78 is 29.8. The smallest absolute Gasteiger partial charge is 0.262 e. The van der Waals surface area contributed by atoms with E-state index in [9.17, 15) is 13.2 Å². The highest BCUT2D eigenvalue weighted by Crippen LogP contribution is 2.28. The maximum Gasteiger partial charge on any atom is 0.262 e. The van der Waals surface area contributed by atoms with Crippen molar-refractivity contribution in [1.29, 1.82) is 0 Å². The average molecular weight is 364 g/mol. The Kier molecular flexibility index (Phi) is 5.22. The molecule has 0 radical (unpaired) electrons. The summed E-state index contributed by atoms with van der Waals surface area (Å²) in [7, 11) is -2.07. The second-order valence-electron chi connectivity index (χ2n) is 5.86. The summed E-state index contributed by atoms with van der Waals surface area (Å²) in [4.78, 5) is 20.6. The summed E-state index contributed by atoms with van der Waals surface area (Å²) in [5.41, 5.74) is 1.58. The molecule has 0 saturated carbocycles. The zero-order chi connectivity index (χ0) is 17.9. The van der Waals surface area contributed by atoms with Crippen LogP contribution in [0, 0.1) is 0 Å². The largest absolute Gasteiger partial charge is 0.469 e. The van der Waals surface area contributed by atoms with E-state index >= 15 is 0 Å². The molecule has 1 N–H and O–H groups in total. The second-order valence-corrected chi connectivity index (χ2v) is 7.51. The van der Waals surface area contributed by atoms with Crippen molar-refractivity contribution in [1.82, 2.24) is 4.89 Å². The number of rotatable bonds is 7. The third kappa shape index (κ3) is 4.09. The van der Waals surface area contributed by atoms with Crippen molar-refractivity contribution in [3.8, 4) is 0 Å². The Bertz CT molecular complexity index is 846. The number of benzene rings is 1. The van der Waals surface area contributed by atoms with E-state index in [0.29, 0.717) is 25.7 Å². The molecule has 1 aliphatic rings. The monoisotopic (exact) mass is 364 g/mol. The van der Waals surface area contributed by atoms with Crippen molar-refractivity contribution in [3.05, 3.63) is 47.9 Å². The number of hydrogen-bond donors (Lipinski definition) is 1. The Morgan fingerprint density at radius 3 is 2.88 bits per heavy atom. The number of furan rings is 1. The van der Waals surface area contributed by atoms with Crippen LogP contribution in [0.15, 0.2) is 45.9 Å². The minimum absolute atomic E-state index is 0.0288. The number of carbonyl (C=O) groups is 1. The second kappa shape index (κ2) is 7.38. The van der Waals surface area contributed by atoms with Crippen LogP contribution in [0.5, 0.6) is 0 Å². The van der Waals surface area contributed by atoms with E-state index in [-0.39, 0.29) is 17.4 Å². The number of carbonyl (C=O) groups excluding carboxylic acids is 1. The van der Waals surface area contributed by atoms with Crippen molar-refractivity contribution in [2.75, 3.05) is 18.6 Å². The Morgan fingerprint density at radius 2 is 2.12 bits per heavy atom. The van der Waals surface area contributed by atoms with Gasteiger partial charge in [-0.25, -0.2) is 8.42 Å². The summed E-state index contributed by atoms with van der Waals surface area (Å²) >= 11 is 0. The standard InChI is InChI=1S/C17H20N2O5S/c1-19-16-8-7-15(12-13(16)6-9-17(19)20)25(21,22)18-24-11-3-5-14-4-2-10-23-14/h2,4,7-8,10,12,18H,3,5-6,9,11H2,1H3. The fourth-order valence-electron chi connectivity index (χ4n) is 2.74. The average Bonchev–Trinajstić information content (AvgIpc) is 3.11. The molecule has 3 rings (SSSR count). The minimum atomic E-state index is -3.76. The zero-order valence-electron chi connectivity index (χ0n) is 13.9. The third-order valence-electron chi connectivity index (χ3n) is 4.12. The van der Waals surface area contributed by atoms with Gasteiger partial charge in [0.1, 0.15) is 5.76 Å². The quantitative estimate of drug-likeness (QED) is 0.600. The van der Waals surface area contributed by atoms with Crippen LogP contribution < -0.4 is 9.79 Å². The molecule has 0 bridgehead atoms. The molecule has 1 aromatic heterocycles. The first-order valence-corrected chi connectivity index (χ1v) is 9.51. The maximum absolute atomic E-state index is 12.3. The van der Waals surface area contributed by atoms with Gasteiger partial charge in [0.25, 0.3) is 10.0 Å². The molecule has 0 fully saturated rings. The van der Waals surface area contributed by atoms with Crippen molar-refractivity contribution in [3.63, 3.8) is 0 Å². The first-order valence-electron chi connectivity index (χ1n) is 8.03. The number of aryl methyl sites for hydroxylation is 2. The highest BCUT2D eigenvalue weighted by atomic mass is 32.2. The Hall–Kier alpha value is -2.16. The van der Waals surface area contributed by atoms with Gasteiger partial charge in [-0.05, 0) is 48.7 Å². The van der Waals surface area contributed by atoms with Crippen LogP contribution in [0.3, 0.4) is 0 Å². The maximum atomic E-state index is 12.3. The molecule has 8 heteroatoms. The molecule has 134 valence electrons. The zero-order valence-corrected chi connectivity index (χ0v) is 14.7. The van der Waals surface area contributed by atoms with Gasteiger partial charge in [-0.2, -0.15) is 0 Å². The highest BCUT2D eigenvalue weighted by Gasteiger charge is 2.23. The normalized spacial score (nSPS) is 14.6. The Morgan fingerprint density at radius 1 is 1.28 bits per heavy atom. The molecule has 2 aromatic rings. The fourth-order valence-corrected chi connectivity index (χ4v) is 3.62. The molecule has 1 amide bonds. The molecule has 25 heavy (non-hydrogen) atoms. The van der Waals surface area contributed by atoms with Crippen LogP contribution in [0.25, 0.3) is 0 Å². The topological polar surface area (TPSA) is 88.9 Å².